The summed E-state index contributed by atoms with van der Waals surface area (Å²) in [6.45, 7) is 5.91. The SMILES string of the molecule is CCOC(=O)/C(C)=C(/C)Cc1ccc(OC)c(OC)c1. The van der Waals surface area contributed by atoms with Gasteiger partial charge in [0.15, 0.2) is 11.5 Å². The predicted molar refractivity (Wildman–Crippen MR) is 78.3 cm³/mol. The number of hydrogen-bond acceptors (Lipinski definition) is 4. The van der Waals surface area contributed by atoms with Crippen molar-refractivity contribution in [1.29, 1.82) is 0 Å². The second-order valence-electron chi connectivity index (χ2n) is 4.49. The van der Waals surface area contributed by atoms with Crippen LogP contribution in [0.5, 0.6) is 11.5 Å². The summed E-state index contributed by atoms with van der Waals surface area (Å²) in [6, 6.07) is 5.74. The Balaban J connectivity index is 2.92. The standard InChI is InChI=1S/C16H22O4/c1-6-20-16(17)12(3)11(2)9-13-7-8-14(18-4)15(10-13)19-5/h7-8,10H,6,9H2,1-5H3/b12-11-. The maximum absolute atomic E-state index is 11.7. The van der Waals surface area contributed by atoms with Crippen molar-refractivity contribution in [2.45, 2.75) is 27.2 Å². The second kappa shape index (κ2) is 7.58. The first-order chi connectivity index (χ1) is 9.53. The lowest BCUT2D eigenvalue weighted by Gasteiger charge is -2.11. The molecule has 0 heterocycles. The Hall–Kier alpha value is -1.97. The molecule has 4 nitrogen and oxygen atoms in total. The highest BCUT2D eigenvalue weighted by Crippen LogP contribution is 2.28. The van der Waals surface area contributed by atoms with Gasteiger partial charge in [0.1, 0.15) is 0 Å². The summed E-state index contributed by atoms with van der Waals surface area (Å²) in [5, 5.41) is 0. The summed E-state index contributed by atoms with van der Waals surface area (Å²) in [5.41, 5.74) is 2.70. The first-order valence-electron chi connectivity index (χ1n) is 6.57. The van der Waals surface area contributed by atoms with Crippen molar-refractivity contribution < 1.29 is 19.0 Å². The minimum Gasteiger partial charge on any atom is -0.493 e. The van der Waals surface area contributed by atoms with Crippen molar-refractivity contribution in [2.24, 2.45) is 0 Å². The zero-order chi connectivity index (χ0) is 15.1. The quantitative estimate of drug-likeness (QED) is 0.592. The fourth-order valence-corrected chi connectivity index (χ4v) is 1.84. The van der Waals surface area contributed by atoms with E-state index < -0.39 is 0 Å². The van der Waals surface area contributed by atoms with E-state index in [1.807, 2.05) is 25.1 Å². The van der Waals surface area contributed by atoms with Gasteiger partial charge < -0.3 is 14.2 Å². The van der Waals surface area contributed by atoms with Crippen LogP contribution in [0.3, 0.4) is 0 Å². The topological polar surface area (TPSA) is 44.8 Å². The van der Waals surface area contributed by atoms with E-state index >= 15 is 0 Å². The summed E-state index contributed by atoms with van der Waals surface area (Å²) in [4.78, 5) is 11.7. The Kier molecular flexibility index (Phi) is 6.10. The first-order valence-corrected chi connectivity index (χ1v) is 6.57. The zero-order valence-corrected chi connectivity index (χ0v) is 12.8. The van der Waals surface area contributed by atoms with Crippen molar-refractivity contribution >= 4 is 5.97 Å². The lowest BCUT2D eigenvalue weighted by atomic mass is 10.0. The summed E-state index contributed by atoms with van der Waals surface area (Å²) >= 11 is 0. The van der Waals surface area contributed by atoms with Gasteiger partial charge in [-0.05, 0) is 44.9 Å². The number of carbonyl (C=O) groups is 1. The van der Waals surface area contributed by atoms with Crippen LogP contribution in [-0.2, 0) is 16.0 Å². The molecule has 0 aromatic heterocycles. The van der Waals surface area contributed by atoms with E-state index in [0.717, 1.165) is 11.1 Å². The molecular weight excluding hydrogens is 256 g/mol. The molecule has 1 rings (SSSR count). The minimum atomic E-state index is -0.259. The van der Waals surface area contributed by atoms with Crippen LogP contribution in [-0.4, -0.2) is 26.8 Å². The summed E-state index contributed by atoms with van der Waals surface area (Å²) in [7, 11) is 3.21. The average molecular weight is 278 g/mol. The molecule has 4 heteroatoms. The fraction of sp³-hybridized carbons (Fsp3) is 0.438. The molecule has 0 unspecified atom stereocenters. The normalized spacial score (nSPS) is 11.7. The molecule has 1 aromatic carbocycles. The summed E-state index contributed by atoms with van der Waals surface area (Å²) in [6.07, 6.45) is 0.672. The van der Waals surface area contributed by atoms with Crippen molar-refractivity contribution in [3.8, 4) is 11.5 Å². The molecule has 0 aliphatic heterocycles. The molecule has 0 radical (unpaired) electrons. The summed E-state index contributed by atoms with van der Waals surface area (Å²) in [5.74, 6) is 1.12. The number of benzene rings is 1. The molecule has 0 spiro atoms. The lowest BCUT2D eigenvalue weighted by Crippen LogP contribution is -2.08. The van der Waals surface area contributed by atoms with E-state index in [-0.39, 0.29) is 5.97 Å². The molecule has 0 saturated heterocycles. The van der Waals surface area contributed by atoms with Gasteiger partial charge in [-0.15, -0.1) is 0 Å². The van der Waals surface area contributed by atoms with Crippen LogP contribution in [0.2, 0.25) is 0 Å². The van der Waals surface area contributed by atoms with Crippen LogP contribution in [0.15, 0.2) is 29.3 Å². The number of methoxy groups -OCH3 is 2. The summed E-state index contributed by atoms with van der Waals surface area (Å²) < 4.78 is 15.5. The monoisotopic (exact) mass is 278 g/mol. The van der Waals surface area contributed by atoms with E-state index in [1.54, 1.807) is 28.1 Å². The average Bonchev–Trinajstić information content (AvgIpc) is 2.46. The van der Waals surface area contributed by atoms with E-state index in [0.29, 0.717) is 30.1 Å². The maximum Gasteiger partial charge on any atom is 0.333 e. The van der Waals surface area contributed by atoms with Gasteiger partial charge in [-0.3, -0.25) is 0 Å². The van der Waals surface area contributed by atoms with Crippen molar-refractivity contribution in [3.63, 3.8) is 0 Å². The molecule has 0 saturated carbocycles. The van der Waals surface area contributed by atoms with Crippen molar-refractivity contribution in [2.75, 3.05) is 20.8 Å². The third-order valence-electron chi connectivity index (χ3n) is 3.14. The highest BCUT2D eigenvalue weighted by atomic mass is 16.5. The maximum atomic E-state index is 11.7. The molecule has 0 aliphatic rings. The van der Waals surface area contributed by atoms with Crippen LogP contribution in [0, 0.1) is 0 Å². The minimum absolute atomic E-state index is 0.259. The molecule has 1 aromatic rings. The van der Waals surface area contributed by atoms with Gasteiger partial charge in [0.05, 0.1) is 20.8 Å². The van der Waals surface area contributed by atoms with Crippen molar-refractivity contribution in [1.82, 2.24) is 0 Å². The smallest absolute Gasteiger partial charge is 0.333 e. The third-order valence-corrected chi connectivity index (χ3v) is 3.14. The van der Waals surface area contributed by atoms with Gasteiger partial charge >= 0.3 is 5.97 Å². The highest BCUT2D eigenvalue weighted by Gasteiger charge is 2.10. The Morgan fingerprint density at radius 1 is 1.10 bits per heavy atom. The number of esters is 1. The predicted octanol–water partition coefficient (Wildman–Crippen LogP) is 3.15. The van der Waals surface area contributed by atoms with Gasteiger partial charge in [0, 0.05) is 5.57 Å². The van der Waals surface area contributed by atoms with Crippen LogP contribution >= 0.6 is 0 Å². The van der Waals surface area contributed by atoms with Gasteiger partial charge in [0.2, 0.25) is 0 Å². The molecule has 20 heavy (non-hydrogen) atoms. The van der Waals surface area contributed by atoms with Crippen LogP contribution in [0.4, 0.5) is 0 Å². The molecule has 0 amide bonds. The Labute approximate surface area is 120 Å². The van der Waals surface area contributed by atoms with Crippen molar-refractivity contribution in [3.05, 3.63) is 34.9 Å². The van der Waals surface area contributed by atoms with Gasteiger partial charge in [-0.25, -0.2) is 4.79 Å². The molecule has 0 bridgehead atoms. The molecule has 0 aliphatic carbocycles. The fourth-order valence-electron chi connectivity index (χ4n) is 1.84. The number of hydrogen-bond donors (Lipinski definition) is 0. The van der Waals surface area contributed by atoms with Gasteiger partial charge in [-0.2, -0.15) is 0 Å². The number of allylic oxidation sites excluding steroid dienone is 1. The Bertz CT molecular complexity index is 503. The van der Waals surface area contributed by atoms with E-state index in [1.165, 1.54) is 0 Å². The third kappa shape index (κ3) is 4.02. The largest absolute Gasteiger partial charge is 0.493 e. The molecule has 0 fully saturated rings. The van der Waals surface area contributed by atoms with E-state index in [4.69, 9.17) is 14.2 Å². The molecule has 110 valence electrons. The highest BCUT2D eigenvalue weighted by molar-refractivity contribution is 5.88. The first kappa shape index (κ1) is 16.1. The number of ether oxygens (including phenoxy) is 3. The Morgan fingerprint density at radius 2 is 1.75 bits per heavy atom. The Morgan fingerprint density at radius 3 is 2.30 bits per heavy atom. The zero-order valence-electron chi connectivity index (χ0n) is 12.8. The molecule has 0 N–H and O–H groups in total. The number of carbonyl (C=O) groups excluding carboxylic acids is 1. The van der Waals surface area contributed by atoms with E-state index in [9.17, 15) is 4.79 Å². The number of rotatable bonds is 6. The molecular formula is C16H22O4. The van der Waals surface area contributed by atoms with Gasteiger partial charge in [0.25, 0.3) is 0 Å². The van der Waals surface area contributed by atoms with Gasteiger partial charge in [-0.1, -0.05) is 11.6 Å². The second-order valence-corrected chi connectivity index (χ2v) is 4.49. The van der Waals surface area contributed by atoms with Crippen LogP contribution < -0.4 is 9.47 Å². The van der Waals surface area contributed by atoms with E-state index in [2.05, 4.69) is 0 Å². The van der Waals surface area contributed by atoms with Crippen LogP contribution in [0.25, 0.3) is 0 Å². The molecule has 0 atom stereocenters. The lowest BCUT2D eigenvalue weighted by molar-refractivity contribution is -0.138. The van der Waals surface area contributed by atoms with Crippen LogP contribution in [0.1, 0.15) is 26.3 Å².